The Labute approximate surface area is 164 Å². The molecule has 28 heavy (non-hydrogen) atoms. The third-order valence-electron chi connectivity index (χ3n) is 6.24. The maximum absolute atomic E-state index is 12.7. The van der Waals surface area contributed by atoms with Crippen LogP contribution in [0.2, 0.25) is 0 Å². The normalized spacial score (nSPS) is 19.6. The van der Waals surface area contributed by atoms with Crippen molar-refractivity contribution in [3.63, 3.8) is 0 Å². The van der Waals surface area contributed by atoms with Crippen LogP contribution >= 0.6 is 0 Å². The number of amides is 1. The summed E-state index contributed by atoms with van der Waals surface area (Å²) < 4.78 is 2.03. The molecule has 1 amide bonds. The molecule has 0 unspecified atom stereocenters. The highest BCUT2D eigenvalue weighted by molar-refractivity contribution is 5.99. The van der Waals surface area contributed by atoms with E-state index in [1.54, 1.807) is 0 Å². The number of carbonyl (C=O) groups excluding carboxylic acids is 1. The molecule has 142 valence electrons. The summed E-state index contributed by atoms with van der Waals surface area (Å²) in [5.74, 6) is 1.31. The molecule has 5 nitrogen and oxygen atoms in total. The van der Waals surface area contributed by atoms with Crippen molar-refractivity contribution in [2.75, 3.05) is 13.1 Å². The van der Waals surface area contributed by atoms with Gasteiger partial charge in [0.1, 0.15) is 0 Å². The average molecular weight is 372 g/mol. The number of fused-ring (bicyclic) bond motifs is 1. The first-order valence-corrected chi connectivity index (χ1v) is 10.4. The number of hydrogen-bond acceptors (Lipinski definition) is 3. The molecule has 3 fully saturated rings. The molecule has 1 aromatic heterocycles. The van der Waals surface area contributed by atoms with Crippen LogP contribution in [0.3, 0.4) is 0 Å². The zero-order chi connectivity index (χ0) is 18.7. The highest BCUT2D eigenvalue weighted by atomic mass is 16.1. The predicted molar refractivity (Wildman–Crippen MR) is 109 cm³/mol. The summed E-state index contributed by atoms with van der Waals surface area (Å²) in [6.07, 6.45) is 5.04. The van der Waals surface area contributed by atoms with E-state index in [1.165, 1.54) is 42.3 Å². The van der Waals surface area contributed by atoms with Crippen LogP contribution in [-0.2, 0) is 0 Å². The topological polar surface area (TPSA) is 59.0 Å². The molecule has 0 atom stereocenters. The van der Waals surface area contributed by atoms with Crippen LogP contribution in [0, 0.1) is 0 Å². The molecule has 2 saturated carbocycles. The fourth-order valence-corrected chi connectivity index (χ4v) is 4.10. The van der Waals surface area contributed by atoms with Crippen molar-refractivity contribution < 1.29 is 4.79 Å². The Balaban J connectivity index is 1.41. The Morgan fingerprint density at radius 2 is 1.75 bits per heavy atom. The van der Waals surface area contributed by atoms with E-state index in [9.17, 15) is 4.79 Å². The number of nitrogens with one attached hydrogen (secondary N) is 2. The second-order valence-corrected chi connectivity index (χ2v) is 8.50. The van der Waals surface area contributed by atoms with Gasteiger partial charge in [-0.25, -0.2) is 4.68 Å². The quantitative estimate of drug-likeness (QED) is 0.721. The van der Waals surface area contributed by atoms with Crippen LogP contribution in [0.4, 0.5) is 0 Å². The number of nitrogens with zero attached hydrogens (tertiary/aromatic N) is 2. The van der Waals surface area contributed by atoms with E-state index in [1.807, 2.05) is 16.8 Å². The van der Waals surface area contributed by atoms with Crippen molar-refractivity contribution >= 4 is 16.8 Å². The lowest BCUT2D eigenvalue weighted by molar-refractivity contribution is 0.0924. The van der Waals surface area contributed by atoms with Crippen LogP contribution in [0.25, 0.3) is 16.6 Å². The molecule has 1 aliphatic heterocycles. The van der Waals surface area contributed by atoms with Gasteiger partial charge in [0.15, 0.2) is 0 Å². The van der Waals surface area contributed by atoms with Gasteiger partial charge in [0.2, 0.25) is 0 Å². The maximum Gasteiger partial charge on any atom is 0.251 e. The zero-order valence-electron chi connectivity index (χ0n) is 15.8. The number of rotatable bonds is 5. The Hall–Kier alpha value is -2.66. The Morgan fingerprint density at radius 1 is 1.00 bits per heavy atom. The van der Waals surface area contributed by atoms with E-state index in [-0.39, 0.29) is 11.9 Å². The first-order chi connectivity index (χ1) is 13.8. The standard InChI is InChI=1S/C23H24N4O/c28-23(25-18-12-24-13-18)17-7-10-20-21(11-17)27(26-22(20)16-3-4-16)19-8-5-15(6-9-19)14-1-2-14/h5-11,14,16,18,24H,1-4,12-13H2,(H,25,28). The van der Waals surface area contributed by atoms with Gasteiger partial charge in [-0.15, -0.1) is 0 Å². The second kappa shape index (κ2) is 6.17. The molecule has 5 heteroatoms. The van der Waals surface area contributed by atoms with Crippen LogP contribution < -0.4 is 10.6 Å². The monoisotopic (exact) mass is 372 g/mol. The molecular formula is C23H24N4O. The summed E-state index contributed by atoms with van der Waals surface area (Å²) >= 11 is 0. The van der Waals surface area contributed by atoms with E-state index in [2.05, 4.69) is 41.0 Å². The summed E-state index contributed by atoms with van der Waals surface area (Å²) in [5, 5.41) is 12.4. The van der Waals surface area contributed by atoms with Crippen LogP contribution in [0.5, 0.6) is 0 Å². The van der Waals surface area contributed by atoms with Crippen LogP contribution in [-0.4, -0.2) is 34.8 Å². The minimum Gasteiger partial charge on any atom is -0.347 e. The lowest BCUT2D eigenvalue weighted by Crippen LogP contribution is -2.56. The van der Waals surface area contributed by atoms with Crippen LogP contribution in [0.15, 0.2) is 42.5 Å². The first-order valence-electron chi connectivity index (χ1n) is 10.4. The molecule has 0 spiro atoms. The van der Waals surface area contributed by atoms with Gasteiger partial charge in [0.25, 0.3) is 5.91 Å². The van der Waals surface area contributed by atoms with Gasteiger partial charge in [-0.05, 0) is 61.4 Å². The van der Waals surface area contributed by atoms with Gasteiger partial charge in [0.05, 0.1) is 22.9 Å². The molecule has 2 N–H and O–H groups in total. The van der Waals surface area contributed by atoms with Crippen molar-refractivity contribution in [2.45, 2.75) is 43.6 Å². The Morgan fingerprint density at radius 3 is 2.39 bits per heavy atom. The predicted octanol–water partition coefficient (Wildman–Crippen LogP) is 3.48. The molecule has 6 rings (SSSR count). The van der Waals surface area contributed by atoms with E-state index < -0.39 is 0 Å². The fraction of sp³-hybridized carbons (Fsp3) is 0.391. The summed E-state index contributed by atoms with van der Waals surface area (Å²) in [6, 6.07) is 15.1. The van der Waals surface area contributed by atoms with Crippen molar-refractivity contribution in [1.82, 2.24) is 20.4 Å². The molecular weight excluding hydrogens is 348 g/mol. The SMILES string of the molecule is O=C(NC1CNC1)c1ccc2c(C3CC3)nn(-c3ccc(C4CC4)cc3)c2c1. The lowest BCUT2D eigenvalue weighted by atomic mass is 10.1. The van der Waals surface area contributed by atoms with E-state index in [0.29, 0.717) is 11.5 Å². The number of carbonyl (C=O) groups is 1. The van der Waals surface area contributed by atoms with E-state index in [4.69, 9.17) is 5.10 Å². The lowest BCUT2D eigenvalue weighted by Gasteiger charge is -2.27. The third-order valence-corrected chi connectivity index (χ3v) is 6.24. The minimum absolute atomic E-state index is 0.00166. The van der Waals surface area contributed by atoms with Gasteiger partial charge >= 0.3 is 0 Å². The molecule has 2 aromatic carbocycles. The largest absolute Gasteiger partial charge is 0.347 e. The molecule has 1 saturated heterocycles. The van der Waals surface area contributed by atoms with Crippen LogP contribution in [0.1, 0.15) is 59.1 Å². The molecule has 2 heterocycles. The number of hydrogen-bond donors (Lipinski definition) is 2. The summed E-state index contributed by atoms with van der Waals surface area (Å²) in [6.45, 7) is 1.70. The molecule has 3 aliphatic rings. The van der Waals surface area contributed by atoms with Crippen molar-refractivity contribution in [2.24, 2.45) is 0 Å². The third kappa shape index (κ3) is 2.81. The summed E-state index contributed by atoms with van der Waals surface area (Å²) in [4.78, 5) is 12.7. The highest BCUT2D eigenvalue weighted by Crippen LogP contribution is 2.43. The van der Waals surface area contributed by atoms with Crippen molar-refractivity contribution in [3.05, 3.63) is 59.3 Å². The van der Waals surface area contributed by atoms with E-state index in [0.717, 1.165) is 30.2 Å². The number of benzene rings is 2. The summed E-state index contributed by atoms with van der Waals surface area (Å²) in [5.41, 5.74) is 5.41. The molecule has 2 aliphatic carbocycles. The second-order valence-electron chi connectivity index (χ2n) is 8.50. The van der Waals surface area contributed by atoms with Gasteiger partial charge < -0.3 is 10.6 Å². The van der Waals surface area contributed by atoms with Gasteiger partial charge in [-0.1, -0.05) is 18.2 Å². The molecule has 3 aromatic rings. The first kappa shape index (κ1) is 16.3. The Kier molecular flexibility index (Phi) is 3.60. The van der Waals surface area contributed by atoms with Gasteiger partial charge in [-0.2, -0.15) is 5.10 Å². The van der Waals surface area contributed by atoms with Gasteiger partial charge in [0, 0.05) is 30.0 Å². The fourth-order valence-electron chi connectivity index (χ4n) is 4.10. The minimum atomic E-state index is -0.00166. The maximum atomic E-state index is 12.7. The van der Waals surface area contributed by atoms with E-state index >= 15 is 0 Å². The zero-order valence-corrected chi connectivity index (χ0v) is 15.8. The van der Waals surface area contributed by atoms with Crippen molar-refractivity contribution in [3.8, 4) is 5.69 Å². The molecule has 0 radical (unpaired) electrons. The molecule has 0 bridgehead atoms. The van der Waals surface area contributed by atoms with Gasteiger partial charge in [-0.3, -0.25) is 4.79 Å². The smallest absolute Gasteiger partial charge is 0.251 e. The Bertz CT molecular complexity index is 1060. The summed E-state index contributed by atoms with van der Waals surface area (Å²) in [7, 11) is 0. The average Bonchev–Trinajstić information content (AvgIpc) is 3.61. The highest BCUT2D eigenvalue weighted by Gasteiger charge is 2.30. The number of aromatic nitrogens is 2. The van der Waals surface area contributed by atoms with Crippen molar-refractivity contribution in [1.29, 1.82) is 0 Å².